The number of aromatic nitrogens is 5. The van der Waals surface area contributed by atoms with Crippen LogP contribution in [0, 0.1) is 0 Å². The second-order valence-electron chi connectivity index (χ2n) is 6.50. The molecule has 4 N–H and O–H groups in total. The van der Waals surface area contributed by atoms with Crippen LogP contribution in [0.1, 0.15) is 0 Å². The number of rotatable bonds is 4. The Morgan fingerprint density at radius 1 is 0.893 bits per heavy atom. The molecule has 1 aliphatic heterocycles. The summed E-state index contributed by atoms with van der Waals surface area (Å²) in [5.41, 5.74) is 12.6. The van der Waals surface area contributed by atoms with Gasteiger partial charge >= 0.3 is 0 Å². The number of benzene rings is 1. The highest BCUT2D eigenvalue weighted by atomic mass is 16.5. The van der Waals surface area contributed by atoms with E-state index in [0.29, 0.717) is 28.8 Å². The Labute approximate surface area is 161 Å². The van der Waals surface area contributed by atoms with Crippen molar-refractivity contribution in [1.29, 1.82) is 0 Å². The molecule has 148 valence electrons. The molecule has 0 bridgehead atoms. The first-order valence-electron chi connectivity index (χ1n) is 8.85. The summed E-state index contributed by atoms with van der Waals surface area (Å²) in [6, 6.07) is 3.61. The molecule has 0 unspecified atom stereocenters. The maximum Gasteiger partial charge on any atom is 0.241 e. The number of anilines is 4. The Hall–Kier alpha value is -3.50. The monoisotopic (exact) mass is 385 g/mol. The van der Waals surface area contributed by atoms with Crippen LogP contribution in [0.4, 0.5) is 23.7 Å². The summed E-state index contributed by atoms with van der Waals surface area (Å²) in [7, 11) is 5.01. The van der Waals surface area contributed by atoms with Gasteiger partial charge in [-0.3, -0.25) is 0 Å². The highest BCUT2D eigenvalue weighted by Crippen LogP contribution is 2.34. The van der Waals surface area contributed by atoms with Crippen LogP contribution in [0.5, 0.6) is 11.5 Å². The second-order valence-corrected chi connectivity index (χ2v) is 6.50. The number of ether oxygens (including phenoxy) is 2. The molecular weight excluding hydrogens is 362 g/mol. The zero-order valence-electron chi connectivity index (χ0n) is 16.1. The third-order valence-corrected chi connectivity index (χ3v) is 4.82. The van der Waals surface area contributed by atoms with Crippen LogP contribution in [0.15, 0.2) is 12.1 Å². The third-order valence-electron chi connectivity index (χ3n) is 4.82. The molecule has 4 rings (SSSR count). The summed E-state index contributed by atoms with van der Waals surface area (Å²) >= 11 is 0. The predicted molar refractivity (Wildman–Crippen MR) is 107 cm³/mol. The van der Waals surface area contributed by atoms with Crippen LogP contribution in [0.3, 0.4) is 0 Å². The lowest BCUT2D eigenvalue weighted by Gasteiger charge is -2.35. The molecule has 0 amide bonds. The highest BCUT2D eigenvalue weighted by Gasteiger charge is 2.23. The van der Waals surface area contributed by atoms with E-state index in [1.165, 1.54) is 0 Å². The summed E-state index contributed by atoms with van der Waals surface area (Å²) < 4.78 is 12.4. The van der Waals surface area contributed by atoms with Gasteiger partial charge in [0.2, 0.25) is 17.8 Å². The van der Waals surface area contributed by atoms with Gasteiger partial charge in [-0.25, -0.2) is 9.67 Å². The number of methoxy groups -OCH3 is 2. The number of piperazine rings is 1. The van der Waals surface area contributed by atoms with Gasteiger partial charge in [0.1, 0.15) is 5.82 Å². The fourth-order valence-corrected chi connectivity index (χ4v) is 3.39. The zero-order chi connectivity index (χ0) is 19.8. The fourth-order valence-electron chi connectivity index (χ4n) is 3.39. The van der Waals surface area contributed by atoms with Gasteiger partial charge in [0.25, 0.3) is 0 Å². The van der Waals surface area contributed by atoms with Gasteiger partial charge in [-0.1, -0.05) is 0 Å². The number of aryl methyl sites for hydroxylation is 1. The van der Waals surface area contributed by atoms with Crippen molar-refractivity contribution in [3.63, 3.8) is 0 Å². The zero-order valence-corrected chi connectivity index (χ0v) is 16.1. The summed E-state index contributed by atoms with van der Waals surface area (Å²) in [4.78, 5) is 17.7. The Morgan fingerprint density at radius 2 is 1.54 bits per heavy atom. The van der Waals surface area contributed by atoms with Crippen molar-refractivity contribution in [2.75, 3.05) is 61.7 Å². The lowest BCUT2D eigenvalue weighted by molar-refractivity contribution is 0.356. The van der Waals surface area contributed by atoms with Crippen LogP contribution in [-0.4, -0.2) is 65.1 Å². The van der Waals surface area contributed by atoms with Gasteiger partial charge < -0.3 is 30.7 Å². The van der Waals surface area contributed by atoms with Crippen molar-refractivity contribution in [3.05, 3.63) is 12.1 Å². The van der Waals surface area contributed by atoms with Crippen molar-refractivity contribution < 1.29 is 9.47 Å². The number of fused-ring (bicyclic) bond motifs is 1. The Bertz CT molecular complexity index is 1010. The molecular formula is C17H23N9O2. The molecule has 1 aliphatic rings. The van der Waals surface area contributed by atoms with Gasteiger partial charge in [-0.2, -0.15) is 9.97 Å². The Kier molecular flexibility index (Phi) is 4.41. The molecule has 0 spiro atoms. The van der Waals surface area contributed by atoms with Crippen LogP contribution >= 0.6 is 0 Å². The van der Waals surface area contributed by atoms with E-state index in [0.717, 1.165) is 37.5 Å². The molecule has 1 aromatic carbocycles. The fraction of sp³-hybridized carbons (Fsp3) is 0.412. The van der Waals surface area contributed by atoms with E-state index in [1.807, 2.05) is 13.1 Å². The predicted octanol–water partition coefficient (Wildman–Crippen LogP) is 0.267. The SMILES string of the molecule is COc1cc2nc(N3CCN(c4nc(N)nn4C)CC3)nc(N)c2cc1OC. The van der Waals surface area contributed by atoms with E-state index in [4.69, 9.17) is 25.9 Å². The third kappa shape index (κ3) is 3.04. The first-order chi connectivity index (χ1) is 13.5. The average Bonchev–Trinajstić information content (AvgIpc) is 3.05. The highest BCUT2D eigenvalue weighted by molar-refractivity contribution is 5.91. The number of nitrogen functional groups attached to an aromatic ring is 2. The molecule has 0 aliphatic carbocycles. The van der Waals surface area contributed by atoms with Crippen molar-refractivity contribution in [1.82, 2.24) is 24.7 Å². The number of nitrogens with two attached hydrogens (primary N) is 2. The van der Waals surface area contributed by atoms with E-state index in [9.17, 15) is 0 Å². The molecule has 1 fully saturated rings. The molecule has 0 radical (unpaired) electrons. The molecule has 2 aromatic heterocycles. The molecule has 3 heterocycles. The van der Waals surface area contributed by atoms with Crippen molar-refractivity contribution >= 4 is 34.6 Å². The van der Waals surface area contributed by atoms with E-state index in [-0.39, 0.29) is 5.95 Å². The smallest absolute Gasteiger partial charge is 0.241 e. The van der Waals surface area contributed by atoms with Crippen LogP contribution in [0.25, 0.3) is 10.9 Å². The van der Waals surface area contributed by atoms with Crippen molar-refractivity contribution in [2.45, 2.75) is 0 Å². The van der Waals surface area contributed by atoms with Crippen molar-refractivity contribution in [3.8, 4) is 11.5 Å². The van der Waals surface area contributed by atoms with Gasteiger partial charge in [0, 0.05) is 44.7 Å². The maximum absolute atomic E-state index is 6.20. The number of hydrogen-bond donors (Lipinski definition) is 2. The standard InChI is InChI=1S/C17H23N9O2/c1-24-17(22-15(19)23-24)26-6-4-25(5-7-26)16-20-11-9-13(28-3)12(27-2)8-10(11)14(18)21-16/h8-9H,4-7H2,1-3H3,(H2,19,23)(H2,18,20,21). The summed E-state index contributed by atoms with van der Waals surface area (Å²) in [5, 5.41) is 4.84. The first-order valence-corrected chi connectivity index (χ1v) is 8.85. The van der Waals surface area contributed by atoms with Gasteiger partial charge in [-0.05, 0) is 6.07 Å². The van der Waals surface area contributed by atoms with Crippen LogP contribution < -0.4 is 30.7 Å². The summed E-state index contributed by atoms with van der Waals surface area (Å²) in [6.45, 7) is 2.95. The van der Waals surface area contributed by atoms with Crippen LogP contribution in [0.2, 0.25) is 0 Å². The first kappa shape index (κ1) is 17.9. The number of nitrogens with zero attached hydrogens (tertiary/aromatic N) is 7. The molecule has 0 atom stereocenters. The van der Waals surface area contributed by atoms with E-state index in [2.05, 4.69) is 24.9 Å². The van der Waals surface area contributed by atoms with Gasteiger partial charge in [0.15, 0.2) is 11.5 Å². The molecule has 1 saturated heterocycles. The lowest BCUT2D eigenvalue weighted by atomic mass is 10.2. The molecule has 0 saturated carbocycles. The molecule has 11 heteroatoms. The average molecular weight is 385 g/mol. The quantitative estimate of drug-likeness (QED) is 0.644. The van der Waals surface area contributed by atoms with Gasteiger partial charge in [-0.15, -0.1) is 5.10 Å². The summed E-state index contributed by atoms with van der Waals surface area (Å²) in [6.07, 6.45) is 0. The second kappa shape index (κ2) is 6.91. The molecule has 11 nitrogen and oxygen atoms in total. The van der Waals surface area contributed by atoms with Crippen molar-refractivity contribution in [2.24, 2.45) is 7.05 Å². The Balaban J connectivity index is 1.59. The van der Waals surface area contributed by atoms with E-state index >= 15 is 0 Å². The number of hydrogen-bond acceptors (Lipinski definition) is 10. The van der Waals surface area contributed by atoms with Crippen LogP contribution in [-0.2, 0) is 7.05 Å². The Morgan fingerprint density at radius 3 is 2.14 bits per heavy atom. The topological polar surface area (TPSA) is 133 Å². The molecule has 28 heavy (non-hydrogen) atoms. The minimum absolute atomic E-state index is 0.273. The minimum Gasteiger partial charge on any atom is -0.493 e. The van der Waals surface area contributed by atoms with Gasteiger partial charge in [0.05, 0.1) is 19.7 Å². The maximum atomic E-state index is 6.20. The minimum atomic E-state index is 0.273. The van der Waals surface area contributed by atoms with E-state index < -0.39 is 0 Å². The summed E-state index contributed by atoms with van der Waals surface area (Å²) in [5.74, 6) is 3.22. The lowest BCUT2D eigenvalue weighted by Crippen LogP contribution is -2.48. The molecule has 3 aromatic rings. The van der Waals surface area contributed by atoms with E-state index in [1.54, 1.807) is 25.0 Å². The normalized spacial score (nSPS) is 14.5. The largest absolute Gasteiger partial charge is 0.493 e.